The van der Waals surface area contributed by atoms with Crippen LogP contribution in [0, 0.1) is 5.82 Å². The normalized spacial score (nSPS) is 23.7. The second-order valence-corrected chi connectivity index (χ2v) is 10.0. The minimum Gasteiger partial charge on any atom is -0.313 e. The van der Waals surface area contributed by atoms with Gasteiger partial charge in [-0.1, -0.05) is 54.1 Å². The summed E-state index contributed by atoms with van der Waals surface area (Å²) in [5.74, 6) is -0.139. The van der Waals surface area contributed by atoms with Crippen LogP contribution in [-0.2, 0) is 10.0 Å². The monoisotopic (exact) mass is 442 g/mol. The summed E-state index contributed by atoms with van der Waals surface area (Å²) in [6.07, 6.45) is 0. The summed E-state index contributed by atoms with van der Waals surface area (Å²) in [6.45, 7) is 1.21. The molecule has 4 nitrogen and oxygen atoms in total. The molecule has 2 fully saturated rings. The average Bonchev–Trinajstić information content (AvgIpc) is 2.74. The smallest absolute Gasteiger partial charge is 0.243 e. The van der Waals surface area contributed by atoms with Crippen LogP contribution in [0.1, 0.15) is 11.5 Å². The van der Waals surface area contributed by atoms with Gasteiger partial charge in [0.05, 0.1) is 4.90 Å². The first-order chi connectivity index (χ1) is 14.4. The number of fused-ring (bicyclic) bond motifs is 2. The van der Waals surface area contributed by atoms with E-state index in [2.05, 4.69) is 5.32 Å². The molecular weight excluding hydrogens is 423 g/mol. The summed E-state index contributed by atoms with van der Waals surface area (Å²) in [5, 5.41) is 3.73. The van der Waals surface area contributed by atoms with E-state index in [9.17, 15) is 12.8 Å². The van der Waals surface area contributed by atoms with Gasteiger partial charge in [-0.3, -0.25) is 0 Å². The van der Waals surface area contributed by atoms with E-state index in [-0.39, 0.29) is 28.7 Å². The summed E-state index contributed by atoms with van der Waals surface area (Å²) in [6, 6.07) is 20.6. The van der Waals surface area contributed by atoms with Crippen molar-refractivity contribution in [3.05, 3.63) is 89.2 Å². The van der Waals surface area contributed by atoms with Crippen LogP contribution in [0.15, 0.2) is 77.7 Å². The molecule has 2 saturated heterocycles. The molecule has 0 aliphatic carbocycles. The van der Waals surface area contributed by atoms with Gasteiger partial charge in [0.2, 0.25) is 10.0 Å². The number of halogens is 2. The van der Waals surface area contributed by atoms with Gasteiger partial charge in [0, 0.05) is 36.1 Å². The Hall–Kier alpha value is -2.25. The van der Waals surface area contributed by atoms with E-state index in [1.54, 1.807) is 28.6 Å². The molecule has 30 heavy (non-hydrogen) atoms. The van der Waals surface area contributed by atoms with Crippen molar-refractivity contribution in [2.75, 3.05) is 13.1 Å². The van der Waals surface area contributed by atoms with E-state index >= 15 is 0 Å². The lowest BCUT2D eigenvalue weighted by atomic mass is 9.74. The van der Waals surface area contributed by atoms with Crippen molar-refractivity contribution in [2.24, 2.45) is 0 Å². The van der Waals surface area contributed by atoms with Crippen LogP contribution in [0.5, 0.6) is 0 Å². The summed E-state index contributed by atoms with van der Waals surface area (Å²) < 4.78 is 41.6. The molecule has 0 aromatic heterocycles. The Morgan fingerprint density at radius 2 is 1.60 bits per heavy atom. The van der Waals surface area contributed by atoms with Crippen molar-refractivity contribution < 1.29 is 12.8 Å². The number of piperazine rings is 1. The third-order valence-electron chi connectivity index (χ3n) is 6.01. The first-order valence-electron chi connectivity index (χ1n) is 9.81. The van der Waals surface area contributed by atoms with Crippen molar-refractivity contribution in [1.29, 1.82) is 0 Å². The summed E-state index contributed by atoms with van der Waals surface area (Å²) >= 11 is 6.02. The van der Waals surface area contributed by atoms with E-state index < -0.39 is 10.0 Å². The fourth-order valence-corrected chi connectivity index (χ4v) is 6.80. The van der Waals surface area contributed by atoms with Gasteiger partial charge in [-0.25, -0.2) is 12.8 Å². The average molecular weight is 443 g/mol. The van der Waals surface area contributed by atoms with Crippen molar-refractivity contribution in [2.45, 2.75) is 22.9 Å². The molecule has 1 unspecified atom stereocenters. The number of rotatable bonds is 4. The number of nitrogens with one attached hydrogen (secondary N) is 1. The third-order valence-corrected chi connectivity index (χ3v) is 8.20. The molecule has 7 heteroatoms. The SMILES string of the molecule is O=S(=O)(c1cccc(Cl)c1)N1[C@@H]2CNC[C@H]1C2c1ccc(-c2cccc(F)c2)cc1. The maximum atomic E-state index is 13.5. The van der Waals surface area contributed by atoms with E-state index in [1.807, 2.05) is 30.3 Å². The molecule has 0 radical (unpaired) electrons. The maximum Gasteiger partial charge on any atom is 0.243 e. The topological polar surface area (TPSA) is 49.4 Å². The van der Waals surface area contributed by atoms with E-state index in [4.69, 9.17) is 11.6 Å². The molecule has 3 aromatic rings. The Kier molecular flexibility index (Phi) is 4.90. The molecule has 3 aromatic carbocycles. The second-order valence-electron chi connectivity index (χ2n) is 7.74. The zero-order chi connectivity index (χ0) is 20.9. The minimum absolute atomic E-state index is 0.127. The number of sulfonamides is 1. The van der Waals surface area contributed by atoms with Gasteiger partial charge in [0.25, 0.3) is 0 Å². The van der Waals surface area contributed by atoms with Gasteiger partial charge in [-0.15, -0.1) is 0 Å². The molecular formula is C23H20ClFN2O2S. The van der Waals surface area contributed by atoms with Crippen molar-refractivity contribution in [3.8, 4) is 11.1 Å². The van der Waals surface area contributed by atoms with Gasteiger partial charge >= 0.3 is 0 Å². The summed E-state index contributed by atoms with van der Waals surface area (Å²) in [5.41, 5.74) is 2.86. The highest BCUT2D eigenvalue weighted by molar-refractivity contribution is 7.89. The number of hydrogen-bond acceptors (Lipinski definition) is 3. The Morgan fingerprint density at radius 3 is 2.27 bits per heavy atom. The quantitative estimate of drug-likeness (QED) is 0.656. The number of nitrogens with zero attached hydrogens (tertiary/aromatic N) is 1. The van der Waals surface area contributed by atoms with Gasteiger partial charge in [0.15, 0.2) is 0 Å². The van der Waals surface area contributed by atoms with Gasteiger partial charge in [0.1, 0.15) is 5.82 Å². The molecule has 2 aliphatic rings. The van der Waals surface area contributed by atoms with Crippen molar-refractivity contribution in [1.82, 2.24) is 9.62 Å². The number of hydrogen-bond donors (Lipinski definition) is 1. The highest BCUT2D eigenvalue weighted by atomic mass is 35.5. The first-order valence-corrected chi connectivity index (χ1v) is 11.6. The van der Waals surface area contributed by atoms with E-state index in [0.29, 0.717) is 18.1 Å². The number of piperidine rings is 1. The molecule has 0 spiro atoms. The van der Waals surface area contributed by atoms with Crippen LogP contribution in [0.2, 0.25) is 5.02 Å². The van der Waals surface area contributed by atoms with Crippen LogP contribution in [0.25, 0.3) is 11.1 Å². The highest BCUT2D eigenvalue weighted by Gasteiger charge is 2.56. The molecule has 3 atom stereocenters. The molecule has 0 saturated carbocycles. The van der Waals surface area contributed by atoms with Crippen LogP contribution in [0.4, 0.5) is 4.39 Å². The molecule has 0 amide bonds. The standard InChI is InChI=1S/C23H20ClFN2O2S/c24-18-4-2-6-20(12-18)30(28,29)27-21-13-26-14-22(27)23(21)16-9-7-15(8-10-16)17-3-1-5-19(25)11-17/h1-12,21-23,26H,13-14H2/t21-,22+,23?. The molecule has 2 aliphatic heterocycles. The second kappa shape index (κ2) is 7.46. The Morgan fingerprint density at radius 1 is 0.900 bits per heavy atom. The largest absolute Gasteiger partial charge is 0.313 e. The summed E-state index contributed by atoms with van der Waals surface area (Å²) in [7, 11) is -3.61. The van der Waals surface area contributed by atoms with Gasteiger partial charge < -0.3 is 5.32 Å². The zero-order valence-corrected chi connectivity index (χ0v) is 17.6. The predicted octanol–water partition coefficient (Wildman–Crippen LogP) is 4.27. The molecule has 5 rings (SSSR count). The summed E-state index contributed by atoms with van der Waals surface area (Å²) in [4.78, 5) is 0.229. The van der Waals surface area contributed by atoms with Gasteiger partial charge in [-0.2, -0.15) is 4.31 Å². The lowest BCUT2D eigenvalue weighted by Crippen LogP contribution is -2.73. The molecule has 1 N–H and O–H groups in total. The van der Waals surface area contributed by atoms with Crippen LogP contribution in [-0.4, -0.2) is 37.9 Å². The Bertz CT molecular complexity index is 1190. The highest BCUT2D eigenvalue weighted by Crippen LogP contribution is 2.46. The molecule has 2 bridgehead atoms. The Balaban J connectivity index is 1.42. The third kappa shape index (κ3) is 3.24. The van der Waals surface area contributed by atoms with Crippen LogP contribution >= 0.6 is 11.6 Å². The fourth-order valence-electron chi connectivity index (χ4n) is 4.65. The zero-order valence-electron chi connectivity index (χ0n) is 16.0. The van der Waals surface area contributed by atoms with Crippen LogP contribution < -0.4 is 5.32 Å². The maximum absolute atomic E-state index is 13.5. The fraction of sp³-hybridized carbons (Fsp3) is 0.217. The van der Waals surface area contributed by atoms with Crippen molar-refractivity contribution >= 4 is 21.6 Å². The number of benzene rings is 3. The van der Waals surface area contributed by atoms with Crippen molar-refractivity contribution in [3.63, 3.8) is 0 Å². The lowest BCUT2D eigenvalue weighted by molar-refractivity contribution is 0.0370. The predicted molar refractivity (Wildman–Crippen MR) is 115 cm³/mol. The van der Waals surface area contributed by atoms with E-state index in [0.717, 1.165) is 16.7 Å². The van der Waals surface area contributed by atoms with Crippen LogP contribution in [0.3, 0.4) is 0 Å². The first kappa shape index (κ1) is 19.7. The minimum atomic E-state index is -3.61. The van der Waals surface area contributed by atoms with E-state index in [1.165, 1.54) is 18.2 Å². The molecule has 2 heterocycles. The molecule has 154 valence electrons. The van der Waals surface area contributed by atoms with Gasteiger partial charge in [-0.05, 0) is 47.0 Å². The lowest BCUT2D eigenvalue weighted by Gasteiger charge is -2.57. The Labute approximate surface area is 180 Å².